The third-order valence-corrected chi connectivity index (χ3v) is 4.25. The molecule has 25 heavy (non-hydrogen) atoms. The minimum absolute atomic E-state index is 0.0392. The molecule has 1 aliphatic heterocycles. The van der Waals surface area contributed by atoms with Gasteiger partial charge in [-0.25, -0.2) is 9.50 Å². The molecule has 4 rings (SSSR count). The van der Waals surface area contributed by atoms with Crippen molar-refractivity contribution in [3.63, 3.8) is 0 Å². The van der Waals surface area contributed by atoms with Crippen LogP contribution < -0.4 is 16.4 Å². The molecule has 0 saturated carbocycles. The van der Waals surface area contributed by atoms with E-state index in [0.717, 1.165) is 11.3 Å². The molecule has 0 saturated heterocycles. The molecule has 0 spiro atoms. The lowest BCUT2D eigenvalue weighted by atomic mass is 9.86. The zero-order valence-corrected chi connectivity index (χ0v) is 13.6. The Morgan fingerprint density at radius 2 is 2.16 bits per heavy atom. The molecule has 1 aromatic carbocycles. The summed E-state index contributed by atoms with van der Waals surface area (Å²) in [6.07, 6.45) is 3.00. The largest absolute Gasteiger partial charge is 0.364 e. The van der Waals surface area contributed by atoms with Gasteiger partial charge in [0.1, 0.15) is 0 Å². The van der Waals surface area contributed by atoms with Crippen molar-refractivity contribution >= 4 is 34.8 Å². The van der Waals surface area contributed by atoms with Crippen molar-refractivity contribution in [1.82, 2.24) is 19.6 Å². The second-order valence-corrected chi connectivity index (χ2v) is 6.31. The molecule has 2 aromatic heterocycles. The number of primary amides is 1. The summed E-state index contributed by atoms with van der Waals surface area (Å²) in [5.41, 5.74) is 7.46. The first-order valence-corrected chi connectivity index (χ1v) is 7.60. The van der Waals surface area contributed by atoms with Gasteiger partial charge in [0.25, 0.3) is 5.91 Å². The van der Waals surface area contributed by atoms with E-state index in [4.69, 9.17) is 5.73 Å². The molecule has 3 aromatic rings. The van der Waals surface area contributed by atoms with Crippen LogP contribution in [0.25, 0.3) is 5.65 Å². The summed E-state index contributed by atoms with van der Waals surface area (Å²) in [5, 5.41) is 10.2. The van der Waals surface area contributed by atoms with Gasteiger partial charge in [0.2, 0.25) is 11.9 Å². The average molecular weight is 337 g/mol. The summed E-state index contributed by atoms with van der Waals surface area (Å²) < 4.78 is 1.42. The molecule has 9 nitrogen and oxygen atoms in total. The summed E-state index contributed by atoms with van der Waals surface area (Å²) in [7, 11) is 0. The Morgan fingerprint density at radius 3 is 2.92 bits per heavy atom. The first kappa shape index (κ1) is 15.1. The highest BCUT2D eigenvalue weighted by atomic mass is 16.2. The number of fused-ring (bicyclic) bond motifs is 2. The molecular weight excluding hydrogens is 322 g/mol. The van der Waals surface area contributed by atoms with E-state index in [9.17, 15) is 9.59 Å². The van der Waals surface area contributed by atoms with Crippen molar-refractivity contribution in [1.29, 1.82) is 0 Å². The van der Waals surface area contributed by atoms with Crippen LogP contribution in [-0.2, 0) is 10.2 Å². The fourth-order valence-electron chi connectivity index (χ4n) is 2.84. The Bertz CT molecular complexity index is 1040. The topological polar surface area (TPSA) is 127 Å². The molecule has 0 radical (unpaired) electrons. The maximum Gasteiger partial charge on any atom is 0.271 e. The number of aromatic nitrogens is 4. The molecule has 126 valence electrons. The van der Waals surface area contributed by atoms with Crippen LogP contribution in [0, 0.1) is 0 Å². The standard InChI is InChI=1S/C16H15N7O2/c1-16(2)9-4-3-8(7-10(9)20-14(16)25)19-15-21-13-11(12(17)24)18-5-6-23(13)22-15/h3-7H,1-2H3,(H2,17,24)(H,19,22)(H,20,25). The summed E-state index contributed by atoms with van der Waals surface area (Å²) in [4.78, 5) is 31.6. The van der Waals surface area contributed by atoms with E-state index in [1.165, 1.54) is 10.7 Å². The maximum absolute atomic E-state index is 12.0. The lowest BCUT2D eigenvalue weighted by Gasteiger charge is -2.14. The average Bonchev–Trinajstić information content (AvgIpc) is 3.05. The zero-order valence-electron chi connectivity index (χ0n) is 13.6. The summed E-state index contributed by atoms with van der Waals surface area (Å²) >= 11 is 0. The van der Waals surface area contributed by atoms with Crippen molar-refractivity contribution in [2.75, 3.05) is 10.6 Å². The van der Waals surface area contributed by atoms with Gasteiger partial charge in [0.15, 0.2) is 11.3 Å². The number of hydrogen-bond acceptors (Lipinski definition) is 6. The number of carbonyl (C=O) groups excluding carboxylic acids is 2. The molecule has 4 N–H and O–H groups in total. The van der Waals surface area contributed by atoms with Crippen LogP contribution in [0.5, 0.6) is 0 Å². The first-order valence-electron chi connectivity index (χ1n) is 7.60. The van der Waals surface area contributed by atoms with Gasteiger partial charge in [0.05, 0.1) is 5.41 Å². The first-order chi connectivity index (χ1) is 11.9. The SMILES string of the molecule is CC1(C)C(=O)Nc2cc(Nc3nc4c(C(N)=O)nccn4n3)ccc21. The number of hydrogen-bond donors (Lipinski definition) is 3. The minimum Gasteiger partial charge on any atom is -0.364 e. The Hall–Kier alpha value is -3.49. The van der Waals surface area contributed by atoms with Crippen LogP contribution in [0.2, 0.25) is 0 Å². The predicted octanol–water partition coefficient (Wildman–Crippen LogP) is 1.20. The monoisotopic (exact) mass is 337 g/mol. The molecule has 1 aliphatic rings. The number of carbonyl (C=O) groups is 2. The highest BCUT2D eigenvalue weighted by Gasteiger charge is 2.38. The minimum atomic E-state index is -0.674. The smallest absolute Gasteiger partial charge is 0.271 e. The third-order valence-electron chi connectivity index (χ3n) is 4.25. The predicted molar refractivity (Wildman–Crippen MR) is 90.7 cm³/mol. The van der Waals surface area contributed by atoms with E-state index >= 15 is 0 Å². The van der Waals surface area contributed by atoms with E-state index in [1.807, 2.05) is 32.0 Å². The Balaban J connectivity index is 1.69. The molecule has 0 unspecified atom stereocenters. The van der Waals surface area contributed by atoms with Crippen LogP contribution in [0.4, 0.5) is 17.3 Å². The van der Waals surface area contributed by atoms with Crippen molar-refractivity contribution in [3.05, 3.63) is 41.9 Å². The molecule has 0 aliphatic carbocycles. The molecule has 0 atom stereocenters. The third kappa shape index (κ3) is 2.28. The fourth-order valence-corrected chi connectivity index (χ4v) is 2.84. The number of amides is 2. The maximum atomic E-state index is 12.0. The summed E-state index contributed by atoms with van der Waals surface area (Å²) in [6, 6.07) is 5.56. The molecule has 0 bridgehead atoms. The molecule has 2 amide bonds. The number of nitrogens with zero attached hydrogens (tertiary/aromatic N) is 4. The second-order valence-electron chi connectivity index (χ2n) is 6.31. The normalized spacial score (nSPS) is 15.0. The van der Waals surface area contributed by atoms with Gasteiger partial charge >= 0.3 is 0 Å². The summed E-state index contributed by atoms with van der Waals surface area (Å²) in [5.74, 6) is -0.422. The number of benzene rings is 1. The van der Waals surface area contributed by atoms with Gasteiger partial charge in [-0.05, 0) is 31.5 Å². The van der Waals surface area contributed by atoms with Crippen molar-refractivity contribution in [2.24, 2.45) is 5.73 Å². The van der Waals surface area contributed by atoms with E-state index in [2.05, 4.69) is 25.7 Å². The van der Waals surface area contributed by atoms with Gasteiger partial charge in [-0.1, -0.05) is 6.07 Å². The van der Waals surface area contributed by atoms with Crippen molar-refractivity contribution in [3.8, 4) is 0 Å². The number of anilines is 3. The molecule has 0 fully saturated rings. The lowest BCUT2D eigenvalue weighted by Crippen LogP contribution is -2.26. The molecule has 3 heterocycles. The van der Waals surface area contributed by atoms with E-state index in [0.29, 0.717) is 11.6 Å². The van der Waals surface area contributed by atoms with Crippen LogP contribution in [0.1, 0.15) is 29.9 Å². The van der Waals surface area contributed by atoms with Crippen molar-refractivity contribution in [2.45, 2.75) is 19.3 Å². The summed E-state index contributed by atoms with van der Waals surface area (Å²) in [6.45, 7) is 3.76. The Labute approximate surface area is 142 Å². The van der Waals surface area contributed by atoms with E-state index < -0.39 is 11.3 Å². The van der Waals surface area contributed by atoms with Gasteiger partial charge in [-0.2, -0.15) is 4.98 Å². The lowest BCUT2D eigenvalue weighted by molar-refractivity contribution is -0.119. The van der Waals surface area contributed by atoms with Crippen LogP contribution in [0.15, 0.2) is 30.6 Å². The Kier molecular flexibility index (Phi) is 3.01. The van der Waals surface area contributed by atoms with Gasteiger partial charge < -0.3 is 16.4 Å². The highest BCUT2D eigenvalue weighted by Crippen LogP contribution is 2.38. The van der Waals surface area contributed by atoms with Gasteiger partial charge in [-0.15, -0.1) is 5.10 Å². The van der Waals surface area contributed by atoms with Crippen LogP contribution >= 0.6 is 0 Å². The van der Waals surface area contributed by atoms with Gasteiger partial charge in [0, 0.05) is 23.8 Å². The molecular formula is C16H15N7O2. The van der Waals surface area contributed by atoms with Crippen LogP contribution in [-0.4, -0.2) is 31.4 Å². The van der Waals surface area contributed by atoms with E-state index in [-0.39, 0.29) is 17.2 Å². The Morgan fingerprint density at radius 1 is 1.36 bits per heavy atom. The quantitative estimate of drug-likeness (QED) is 0.659. The molecule has 9 heteroatoms. The second kappa shape index (κ2) is 5.00. The number of nitrogens with two attached hydrogens (primary N) is 1. The fraction of sp³-hybridized carbons (Fsp3) is 0.188. The highest BCUT2D eigenvalue weighted by molar-refractivity contribution is 6.06. The number of nitrogens with one attached hydrogen (secondary N) is 2. The van der Waals surface area contributed by atoms with E-state index in [1.54, 1.807) is 6.20 Å². The zero-order chi connectivity index (χ0) is 17.8. The van der Waals surface area contributed by atoms with Crippen LogP contribution in [0.3, 0.4) is 0 Å². The number of rotatable bonds is 3. The van der Waals surface area contributed by atoms with Gasteiger partial charge in [-0.3, -0.25) is 9.59 Å². The van der Waals surface area contributed by atoms with Crippen molar-refractivity contribution < 1.29 is 9.59 Å².